The second-order valence-corrected chi connectivity index (χ2v) is 4.41. The molecule has 1 aliphatic rings. The maximum Gasteiger partial charge on any atom is 0.257 e. The van der Waals surface area contributed by atoms with Crippen LogP contribution in [-0.4, -0.2) is 37.5 Å². The molecule has 0 aliphatic carbocycles. The van der Waals surface area contributed by atoms with Crippen LogP contribution in [0.4, 0.5) is 0 Å². The number of rotatable bonds is 3. The summed E-state index contributed by atoms with van der Waals surface area (Å²) in [7, 11) is 1.95. The number of carbonyl (C=O) groups is 1. The first-order chi connectivity index (χ1) is 7.70. The maximum absolute atomic E-state index is 12.1. The van der Waals surface area contributed by atoms with E-state index in [1.54, 1.807) is 12.3 Å². The summed E-state index contributed by atoms with van der Waals surface area (Å²) in [4.78, 5) is 14.0. The molecule has 16 heavy (non-hydrogen) atoms. The number of nitrogens with zero attached hydrogens (tertiary/aromatic N) is 1. The molecule has 1 saturated heterocycles. The van der Waals surface area contributed by atoms with Gasteiger partial charge in [0, 0.05) is 13.1 Å². The number of hydrogen-bond donors (Lipinski definition) is 1. The Morgan fingerprint density at radius 2 is 2.50 bits per heavy atom. The molecule has 1 atom stereocenters. The molecular weight excluding hydrogens is 204 g/mol. The van der Waals surface area contributed by atoms with E-state index in [-0.39, 0.29) is 5.91 Å². The summed E-state index contributed by atoms with van der Waals surface area (Å²) in [6.45, 7) is 4.54. The second kappa shape index (κ2) is 4.70. The monoisotopic (exact) mass is 222 g/mol. The van der Waals surface area contributed by atoms with Crippen LogP contribution in [-0.2, 0) is 0 Å². The molecule has 1 amide bonds. The third-order valence-electron chi connectivity index (χ3n) is 3.04. The number of furan rings is 1. The molecule has 4 nitrogen and oxygen atoms in total. The van der Waals surface area contributed by atoms with Crippen LogP contribution in [0.3, 0.4) is 0 Å². The molecule has 1 unspecified atom stereocenters. The smallest absolute Gasteiger partial charge is 0.257 e. The van der Waals surface area contributed by atoms with Crippen LogP contribution in [0.25, 0.3) is 0 Å². The lowest BCUT2D eigenvalue weighted by Gasteiger charge is -2.15. The molecule has 4 heteroatoms. The van der Waals surface area contributed by atoms with Crippen molar-refractivity contribution in [3.8, 4) is 0 Å². The van der Waals surface area contributed by atoms with Gasteiger partial charge in [-0.05, 0) is 38.9 Å². The number of likely N-dealkylation sites (tertiary alicyclic amines) is 1. The fourth-order valence-corrected chi connectivity index (χ4v) is 2.21. The van der Waals surface area contributed by atoms with Gasteiger partial charge in [-0.15, -0.1) is 0 Å². The van der Waals surface area contributed by atoms with E-state index in [4.69, 9.17) is 4.42 Å². The number of aryl methyl sites for hydroxylation is 1. The Kier molecular flexibility index (Phi) is 3.29. The van der Waals surface area contributed by atoms with Gasteiger partial charge in [0.15, 0.2) is 0 Å². The maximum atomic E-state index is 12.1. The van der Waals surface area contributed by atoms with Crippen molar-refractivity contribution < 1.29 is 9.21 Å². The highest BCUT2D eigenvalue weighted by atomic mass is 16.3. The SMILES string of the molecule is CNCC1CCN(C(=O)c2coc(C)c2)C1. The molecule has 0 saturated carbocycles. The molecule has 0 aromatic carbocycles. The molecule has 2 heterocycles. The van der Waals surface area contributed by atoms with E-state index >= 15 is 0 Å². The zero-order chi connectivity index (χ0) is 11.5. The van der Waals surface area contributed by atoms with E-state index in [9.17, 15) is 4.79 Å². The van der Waals surface area contributed by atoms with Crippen LogP contribution in [0.1, 0.15) is 22.5 Å². The van der Waals surface area contributed by atoms with Crippen LogP contribution in [0, 0.1) is 12.8 Å². The molecule has 88 valence electrons. The first-order valence-corrected chi connectivity index (χ1v) is 5.69. The summed E-state index contributed by atoms with van der Waals surface area (Å²) in [5, 5.41) is 3.16. The lowest BCUT2D eigenvalue weighted by molar-refractivity contribution is 0.0786. The van der Waals surface area contributed by atoms with Gasteiger partial charge in [0.05, 0.1) is 5.56 Å². The van der Waals surface area contributed by atoms with Gasteiger partial charge in [-0.25, -0.2) is 0 Å². The first-order valence-electron chi connectivity index (χ1n) is 5.69. The predicted molar refractivity (Wildman–Crippen MR) is 61.4 cm³/mol. The summed E-state index contributed by atoms with van der Waals surface area (Å²) in [6, 6.07) is 1.80. The molecule has 2 rings (SSSR count). The average molecular weight is 222 g/mol. The Morgan fingerprint density at radius 3 is 3.12 bits per heavy atom. The molecule has 1 aromatic heterocycles. The lowest BCUT2D eigenvalue weighted by Crippen LogP contribution is -2.30. The van der Waals surface area contributed by atoms with Gasteiger partial charge in [0.2, 0.25) is 0 Å². The van der Waals surface area contributed by atoms with Gasteiger partial charge >= 0.3 is 0 Å². The van der Waals surface area contributed by atoms with Crippen molar-refractivity contribution in [2.24, 2.45) is 5.92 Å². The molecule has 1 fully saturated rings. The van der Waals surface area contributed by atoms with E-state index < -0.39 is 0 Å². The van der Waals surface area contributed by atoms with Gasteiger partial charge in [-0.3, -0.25) is 4.79 Å². The zero-order valence-electron chi connectivity index (χ0n) is 9.82. The van der Waals surface area contributed by atoms with Gasteiger partial charge in [-0.1, -0.05) is 0 Å². The van der Waals surface area contributed by atoms with Gasteiger partial charge < -0.3 is 14.6 Å². The minimum absolute atomic E-state index is 0.0930. The Labute approximate surface area is 95.6 Å². The number of hydrogen-bond acceptors (Lipinski definition) is 3. The van der Waals surface area contributed by atoms with E-state index in [1.807, 2.05) is 18.9 Å². The van der Waals surface area contributed by atoms with E-state index in [1.165, 1.54) is 0 Å². The number of amides is 1. The quantitative estimate of drug-likeness (QED) is 0.837. The largest absolute Gasteiger partial charge is 0.469 e. The highest BCUT2D eigenvalue weighted by molar-refractivity contribution is 5.94. The van der Waals surface area contributed by atoms with Crippen LogP contribution >= 0.6 is 0 Å². The fourth-order valence-electron chi connectivity index (χ4n) is 2.21. The molecular formula is C12H18N2O2. The predicted octanol–water partition coefficient (Wildman–Crippen LogP) is 1.27. The van der Waals surface area contributed by atoms with Gasteiger partial charge in [0.1, 0.15) is 12.0 Å². The first kappa shape index (κ1) is 11.2. The van der Waals surface area contributed by atoms with Crippen LogP contribution in [0.15, 0.2) is 16.7 Å². The minimum atomic E-state index is 0.0930. The topological polar surface area (TPSA) is 45.5 Å². The van der Waals surface area contributed by atoms with E-state index in [0.29, 0.717) is 11.5 Å². The highest BCUT2D eigenvalue weighted by Crippen LogP contribution is 2.19. The van der Waals surface area contributed by atoms with E-state index in [0.717, 1.165) is 31.8 Å². The Hall–Kier alpha value is -1.29. The van der Waals surface area contributed by atoms with Crippen LogP contribution in [0.2, 0.25) is 0 Å². The molecule has 1 aromatic rings. The third-order valence-corrected chi connectivity index (χ3v) is 3.04. The van der Waals surface area contributed by atoms with Gasteiger partial charge in [-0.2, -0.15) is 0 Å². The zero-order valence-corrected chi connectivity index (χ0v) is 9.82. The molecule has 0 radical (unpaired) electrons. The second-order valence-electron chi connectivity index (χ2n) is 4.41. The Morgan fingerprint density at radius 1 is 1.69 bits per heavy atom. The number of nitrogens with one attached hydrogen (secondary N) is 1. The fraction of sp³-hybridized carbons (Fsp3) is 0.583. The minimum Gasteiger partial charge on any atom is -0.469 e. The van der Waals surface area contributed by atoms with Crippen molar-refractivity contribution in [2.45, 2.75) is 13.3 Å². The average Bonchev–Trinajstić information content (AvgIpc) is 2.87. The molecule has 0 bridgehead atoms. The highest BCUT2D eigenvalue weighted by Gasteiger charge is 2.26. The lowest BCUT2D eigenvalue weighted by atomic mass is 10.1. The Balaban J connectivity index is 1.97. The Bertz CT molecular complexity index is 373. The van der Waals surface area contributed by atoms with E-state index in [2.05, 4.69) is 5.32 Å². The summed E-state index contributed by atoms with van der Waals surface area (Å²) in [6.07, 6.45) is 2.63. The summed E-state index contributed by atoms with van der Waals surface area (Å²) in [5.74, 6) is 1.46. The molecule has 1 N–H and O–H groups in total. The van der Waals surface area contributed by atoms with Gasteiger partial charge in [0.25, 0.3) is 5.91 Å². The molecule has 1 aliphatic heterocycles. The van der Waals surface area contributed by atoms with Crippen molar-refractivity contribution in [2.75, 3.05) is 26.7 Å². The van der Waals surface area contributed by atoms with Crippen molar-refractivity contribution in [3.05, 3.63) is 23.7 Å². The third kappa shape index (κ3) is 2.27. The standard InChI is InChI=1S/C12H18N2O2/c1-9-5-11(8-16-9)12(15)14-4-3-10(7-14)6-13-2/h5,8,10,13H,3-4,6-7H2,1-2H3. The van der Waals surface area contributed by atoms with Crippen molar-refractivity contribution in [1.82, 2.24) is 10.2 Å². The van der Waals surface area contributed by atoms with Crippen LogP contribution in [0.5, 0.6) is 0 Å². The summed E-state index contributed by atoms with van der Waals surface area (Å²) in [5.41, 5.74) is 0.669. The normalized spacial score (nSPS) is 20.4. The van der Waals surface area contributed by atoms with Crippen molar-refractivity contribution in [1.29, 1.82) is 0 Å². The number of carbonyl (C=O) groups excluding carboxylic acids is 1. The van der Waals surface area contributed by atoms with Crippen LogP contribution < -0.4 is 5.32 Å². The van der Waals surface area contributed by atoms with Crippen molar-refractivity contribution in [3.63, 3.8) is 0 Å². The summed E-state index contributed by atoms with van der Waals surface area (Å²) >= 11 is 0. The summed E-state index contributed by atoms with van der Waals surface area (Å²) < 4.78 is 5.16. The molecule has 0 spiro atoms. The van der Waals surface area contributed by atoms with Crippen molar-refractivity contribution >= 4 is 5.91 Å².